The van der Waals surface area contributed by atoms with Crippen molar-refractivity contribution in [3.63, 3.8) is 0 Å². The number of fused-ring (bicyclic) bond motifs is 1. The van der Waals surface area contributed by atoms with E-state index in [4.69, 9.17) is 16.6 Å². The molecule has 0 unspecified atom stereocenters. The largest absolute Gasteiger partial charge is 0.335 e. The van der Waals surface area contributed by atoms with E-state index in [1.807, 2.05) is 43.3 Å². The van der Waals surface area contributed by atoms with E-state index in [2.05, 4.69) is 22.0 Å². The van der Waals surface area contributed by atoms with Crippen molar-refractivity contribution in [1.29, 1.82) is 0 Å². The maximum absolute atomic E-state index is 13.8. The zero-order chi connectivity index (χ0) is 22.9. The van der Waals surface area contributed by atoms with Crippen molar-refractivity contribution in [2.45, 2.75) is 45.6 Å². The van der Waals surface area contributed by atoms with Crippen LogP contribution in [0.5, 0.6) is 0 Å². The first kappa shape index (κ1) is 22.0. The average molecular weight is 480 g/mol. The van der Waals surface area contributed by atoms with Crippen LogP contribution < -0.4 is 0 Å². The molecule has 8 heteroatoms. The second kappa shape index (κ2) is 9.23. The summed E-state index contributed by atoms with van der Waals surface area (Å²) in [6.07, 6.45) is 7.14. The third-order valence-electron chi connectivity index (χ3n) is 6.44. The number of carbonyl (C=O) groups excluding carboxylic acids is 1. The highest BCUT2D eigenvalue weighted by atomic mass is 35.5. The first-order chi connectivity index (χ1) is 16.0. The predicted molar refractivity (Wildman–Crippen MR) is 132 cm³/mol. The fourth-order valence-corrected chi connectivity index (χ4v) is 5.89. The highest BCUT2D eigenvalue weighted by Gasteiger charge is 2.33. The molecule has 6 nitrogen and oxygen atoms in total. The van der Waals surface area contributed by atoms with Crippen LogP contribution in [0.15, 0.2) is 48.8 Å². The zero-order valence-electron chi connectivity index (χ0n) is 18.7. The smallest absolute Gasteiger partial charge is 0.256 e. The van der Waals surface area contributed by atoms with Crippen molar-refractivity contribution >= 4 is 39.1 Å². The molecule has 1 saturated heterocycles. The monoisotopic (exact) mass is 479 g/mol. The molecule has 1 fully saturated rings. The van der Waals surface area contributed by atoms with Crippen molar-refractivity contribution in [3.8, 4) is 5.69 Å². The summed E-state index contributed by atoms with van der Waals surface area (Å²) in [7, 11) is 0. The SMILES string of the molecule is Cc1ccc(-n2nccn2)c(C(=O)N2CCC[C@@H](C)[C@H]2CCc2nc3cc(Cl)ccc3s2)c1. The maximum Gasteiger partial charge on any atom is 0.256 e. The predicted octanol–water partition coefficient (Wildman–Crippen LogP) is 5.71. The summed E-state index contributed by atoms with van der Waals surface area (Å²) in [5.41, 5.74) is 3.36. The molecule has 2 aromatic carbocycles. The maximum atomic E-state index is 13.8. The molecule has 0 N–H and O–H groups in total. The molecule has 2 atom stereocenters. The molecular formula is C25H26ClN5OS. The van der Waals surface area contributed by atoms with E-state index >= 15 is 0 Å². The molecule has 0 spiro atoms. The van der Waals surface area contributed by atoms with Gasteiger partial charge in [0.2, 0.25) is 0 Å². The summed E-state index contributed by atoms with van der Waals surface area (Å²) < 4.78 is 1.15. The first-order valence-electron chi connectivity index (χ1n) is 11.3. The van der Waals surface area contributed by atoms with Crippen molar-refractivity contribution < 1.29 is 4.79 Å². The number of hydrogen-bond acceptors (Lipinski definition) is 5. The minimum absolute atomic E-state index is 0.0543. The molecule has 1 aliphatic heterocycles. The average Bonchev–Trinajstić information content (AvgIpc) is 3.47. The lowest BCUT2D eigenvalue weighted by Crippen LogP contribution is -2.48. The lowest BCUT2D eigenvalue weighted by Gasteiger charge is -2.40. The van der Waals surface area contributed by atoms with E-state index in [1.165, 1.54) is 4.80 Å². The summed E-state index contributed by atoms with van der Waals surface area (Å²) >= 11 is 7.84. The standard InChI is InChI=1S/C25H26ClN5OS/c1-16-5-7-22(31-27-11-12-28-31)19(14-16)25(32)30-13-3-4-17(2)21(30)8-10-24-29-20-15-18(26)6-9-23(20)33-24/h5-7,9,11-12,14-15,17,21H,3-4,8,10,13H2,1-2H3/t17-,21-/m1/s1. The van der Waals surface area contributed by atoms with Gasteiger partial charge in [0.15, 0.2) is 0 Å². The third kappa shape index (κ3) is 4.52. The van der Waals surface area contributed by atoms with Crippen LogP contribution in [-0.4, -0.2) is 43.4 Å². The van der Waals surface area contributed by atoms with Gasteiger partial charge in [0.1, 0.15) is 0 Å². The van der Waals surface area contributed by atoms with Gasteiger partial charge in [-0.3, -0.25) is 4.79 Å². The molecule has 0 saturated carbocycles. The Morgan fingerprint density at radius 3 is 2.82 bits per heavy atom. The fraction of sp³-hybridized carbons (Fsp3) is 0.360. The topological polar surface area (TPSA) is 63.9 Å². The van der Waals surface area contributed by atoms with Gasteiger partial charge in [0.25, 0.3) is 5.91 Å². The number of hydrogen-bond donors (Lipinski definition) is 0. The Morgan fingerprint density at radius 1 is 1.18 bits per heavy atom. The second-order valence-corrected chi connectivity index (χ2v) is 10.3. The molecule has 3 heterocycles. The van der Waals surface area contributed by atoms with Gasteiger partial charge < -0.3 is 4.90 Å². The Balaban J connectivity index is 1.40. The number of benzene rings is 2. The molecule has 0 bridgehead atoms. The normalized spacial score (nSPS) is 18.7. The number of nitrogens with zero attached hydrogens (tertiary/aromatic N) is 5. The van der Waals surface area contributed by atoms with E-state index in [-0.39, 0.29) is 11.9 Å². The number of likely N-dealkylation sites (tertiary alicyclic amines) is 1. The van der Waals surface area contributed by atoms with Crippen molar-refractivity contribution in [2.75, 3.05) is 6.54 Å². The fourth-order valence-electron chi connectivity index (χ4n) is 4.76. The molecule has 5 rings (SSSR count). The van der Waals surface area contributed by atoms with E-state index < -0.39 is 0 Å². The van der Waals surface area contributed by atoms with Gasteiger partial charge in [-0.1, -0.05) is 30.2 Å². The molecule has 2 aromatic heterocycles. The van der Waals surface area contributed by atoms with Crippen LogP contribution in [0.3, 0.4) is 0 Å². The lowest BCUT2D eigenvalue weighted by molar-refractivity contribution is 0.0499. The van der Waals surface area contributed by atoms with Crippen LogP contribution in [-0.2, 0) is 6.42 Å². The second-order valence-electron chi connectivity index (χ2n) is 8.78. The van der Waals surface area contributed by atoms with Crippen LogP contribution in [0.25, 0.3) is 15.9 Å². The zero-order valence-corrected chi connectivity index (χ0v) is 20.3. The lowest BCUT2D eigenvalue weighted by atomic mass is 9.87. The summed E-state index contributed by atoms with van der Waals surface area (Å²) in [5.74, 6) is 0.487. The summed E-state index contributed by atoms with van der Waals surface area (Å²) in [5, 5.41) is 10.3. The number of carbonyl (C=O) groups is 1. The van der Waals surface area contributed by atoms with E-state index in [0.29, 0.717) is 16.5 Å². The summed E-state index contributed by atoms with van der Waals surface area (Å²) in [6.45, 7) is 5.03. The molecule has 170 valence electrons. The van der Waals surface area contributed by atoms with Crippen LogP contribution in [0.2, 0.25) is 5.02 Å². The third-order valence-corrected chi connectivity index (χ3v) is 7.77. The van der Waals surface area contributed by atoms with Gasteiger partial charge in [-0.2, -0.15) is 15.0 Å². The number of aryl methyl sites for hydroxylation is 2. The Bertz CT molecular complexity index is 1290. The Kier molecular flexibility index (Phi) is 6.17. The first-order valence-corrected chi connectivity index (χ1v) is 12.5. The van der Waals surface area contributed by atoms with Crippen LogP contribution >= 0.6 is 22.9 Å². The summed E-state index contributed by atoms with van der Waals surface area (Å²) in [6, 6.07) is 11.9. The van der Waals surface area contributed by atoms with Crippen LogP contribution in [0.4, 0.5) is 0 Å². The Hall–Kier alpha value is -2.77. The number of piperidine rings is 1. The molecule has 4 aromatic rings. The van der Waals surface area contributed by atoms with E-state index in [0.717, 1.165) is 58.7 Å². The highest BCUT2D eigenvalue weighted by Crippen LogP contribution is 2.31. The Labute approximate surface area is 202 Å². The van der Waals surface area contributed by atoms with Gasteiger partial charge in [-0.25, -0.2) is 4.98 Å². The van der Waals surface area contributed by atoms with Crippen LogP contribution in [0, 0.1) is 12.8 Å². The number of thiazole rings is 1. The van der Waals surface area contributed by atoms with Crippen LogP contribution in [0.1, 0.15) is 47.1 Å². The van der Waals surface area contributed by atoms with Crippen molar-refractivity contribution in [3.05, 3.63) is 69.9 Å². The number of halogens is 1. The van der Waals surface area contributed by atoms with Gasteiger partial charge in [-0.05, 0) is 62.4 Å². The molecular weight excluding hydrogens is 454 g/mol. The van der Waals surface area contributed by atoms with Gasteiger partial charge in [-0.15, -0.1) is 11.3 Å². The minimum atomic E-state index is 0.0543. The molecule has 33 heavy (non-hydrogen) atoms. The van der Waals surface area contributed by atoms with Crippen molar-refractivity contribution in [2.24, 2.45) is 5.92 Å². The Morgan fingerprint density at radius 2 is 2.00 bits per heavy atom. The molecule has 1 amide bonds. The number of amides is 1. The molecule has 0 radical (unpaired) electrons. The van der Waals surface area contributed by atoms with E-state index in [1.54, 1.807) is 23.7 Å². The summed E-state index contributed by atoms with van der Waals surface area (Å²) in [4.78, 5) is 22.2. The highest BCUT2D eigenvalue weighted by molar-refractivity contribution is 7.18. The van der Waals surface area contributed by atoms with Gasteiger partial charge in [0, 0.05) is 24.0 Å². The van der Waals surface area contributed by atoms with Gasteiger partial charge >= 0.3 is 0 Å². The van der Waals surface area contributed by atoms with E-state index in [9.17, 15) is 4.79 Å². The quantitative estimate of drug-likeness (QED) is 0.367. The number of aromatic nitrogens is 4. The number of rotatable bonds is 5. The van der Waals surface area contributed by atoms with Crippen molar-refractivity contribution in [1.82, 2.24) is 24.9 Å². The molecule has 1 aliphatic rings. The minimum Gasteiger partial charge on any atom is -0.335 e. The van der Waals surface area contributed by atoms with Gasteiger partial charge in [0.05, 0.1) is 38.9 Å². The molecule has 0 aliphatic carbocycles.